The van der Waals surface area contributed by atoms with E-state index in [1.165, 1.54) is 55.6 Å². The number of carbonyl (C=O) groups excluding carboxylic acids is 1. The van der Waals surface area contributed by atoms with Crippen LogP contribution >= 0.6 is 0 Å². The van der Waals surface area contributed by atoms with E-state index in [-0.39, 0.29) is 11.6 Å². The van der Waals surface area contributed by atoms with Crippen LogP contribution in [0.4, 0.5) is 8.78 Å². The Hall–Kier alpha value is -2.24. The van der Waals surface area contributed by atoms with E-state index >= 15 is 0 Å². The van der Waals surface area contributed by atoms with Crippen LogP contribution in [0.25, 0.3) is 0 Å². The summed E-state index contributed by atoms with van der Waals surface area (Å²) in [7, 11) is 1.52. The minimum Gasteiger partial charge on any atom is -0.345 e. The molecule has 4 nitrogen and oxygen atoms in total. The van der Waals surface area contributed by atoms with Gasteiger partial charge in [0.15, 0.2) is 0 Å². The number of halogens is 2. The van der Waals surface area contributed by atoms with Crippen molar-refractivity contribution in [3.8, 4) is 0 Å². The number of rotatable bonds is 5. The van der Waals surface area contributed by atoms with Gasteiger partial charge in [0.25, 0.3) is 12.3 Å². The van der Waals surface area contributed by atoms with E-state index in [2.05, 4.69) is 22.5 Å². The van der Waals surface area contributed by atoms with Crippen LogP contribution < -0.4 is 5.32 Å². The van der Waals surface area contributed by atoms with Gasteiger partial charge in [-0.2, -0.15) is 5.10 Å². The van der Waals surface area contributed by atoms with Gasteiger partial charge in [0.2, 0.25) is 0 Å². The molecule has 1 atom stereocenters. The van der Waals surface area contributed by atoms with Crippen molar-refractivity contribution in [1.82, 2.24) is 15.1 Å². The molecule has 0 radical (unpaired) electrons. The molecule has 0 spiro atoms. The first-order chi connectivity index (χ1) is 12.5. The minimum atomic E-state index is -2.78. The molecule has 1 N–H and O–H groups in total. The lowest BCUT2D eigenvalue weighted by atomic mass is 9.84. The Morgan fingerprint density at radius 3 is 2.46 bits per heavy atom. The van der Waals surface area contributed by atoms with Gasteiger partial charge in [0.05, 0.1) is 11.6 Å². The summed E-state index contributed by atoms with van der Waals surface area (Å²) in [4.78, 5) is 12.4. The smallest absolute Gasteiger partial charge is 0.282 e. The maximum atomic E-state index is 13.0. The summed E-state index contributed by atoms with van der Waals surface area (Å²) in [6.45, 7) is 1.85. The van der Waals surface area contributed by atoms with Crippen molar-refractivity contribution in [3.05, 3.63) is 52.8 Å². The lowest BCUT2D eigenvalue weighted by Crippen LogP contribution is -2.27. The van der Waals surface area contributed by atoms with Gasteiger partial charge in [-0.15, -0.1) is 0 Å². The second-order valence-electron chi connectivity index (χ2n) is 7.10. The Bertz CT molecular complexity index is 749. The second-order valence-corrected chi connectivity index (χ2v) is 7.10. The molecule has 0 aliphatic heterocycles. The molecule has 0 bridgehead atoms. The fraction of sp³-hybridized carbons (Fsp3) is 0.500. The van der Waals surface area contributed by atoms with E-state index in [4.69, 9.17) is 0 Å². The molecule has 1 fully saturated rings. The number of benzene rings is 1. The van der Waals surface area contributed by atoms with Crippen LogP contribution in [0.3, 0.4) is 0 Å². The fourth-order valence-corrected chi connectivity index (χ4v) is 3.69. The zero-order chi connectivity index (χ0) is 18.7. The number of hydrogen-bond donors (Lipinski definition) is 1. The average molecular weight is 361 g/mol. The van der Waals surface area contributed by atoms with E-state index in [0.717, 1.165) is 5.56 Å². The third-order valence-corrected chi connectivity index (χ3v) is 5.17. The summed E-state index contributed by atoms with van der Waals surface area (Å²) in [6.07, 6.45) is 4.93. The van der Waals surface area contributed by atoms with Gasteiger partial charge in [-0.3, -0.25) is 9.48 Å². The third-order valence-electron chi connectivity index (χ3n) is 5.17. The predicted molar refractivity (Wildman–Crippen MR) is 96.3 cm³/mol. The fourth-order valence-electron chi connectivity index (χ4n) is 3.69. The number of aromatic nitrogens is 2. The first kappa shape index (κ1) is 18.5. The molecule has 26 heavy (non-hydrogen) atoms. The van der Waals surface area contributed by atoms with Crippen molar-refractivity contribution in [3.63, 3.8) is 0 Å². The number of nitrogens with zero attached hydrogens (tertiary/aromatic N) is 2. The molecular formula is C20H25F2N3O. The molecule has 0 saturated heterocycles. The van der Waals surface area contributed by atoms with Crippen LogP contribution in [-0.2, 0) is 7.05 Å². The molecule has 1 aromatic carbocycles. The largest absolute Gasteiger partial charge is 0.345 e. The van der Waals surface area contributed by atoms with Crippen molar-refractivity contribution < 1.29 is 13.6 Å². The van der Waals surface area contributed by atoms with Crippen LogP contribution in [0.2, 0.25) is 0 Å². The van der Waals surface area contributed by atoms with Crippen molar-refractivity contribution in [2.45, 2.75) is 57.4 Å². The molecule has 1 aliphatic rings. The number of aryl methyl sites for hydroxylation is 1. The molecular weight excluding hydrogens is 336 g/mol. The maximum absolute atomic E-state index is 13.0. The summed E-state index contributed by atoms with van der Waals surface area (Å²) in [5.74, 6) is 0.101. The van der Waals surface area contributed by atoms with E-state index in [1.807, 2.05) is 19.1 Å². The lowest BCUT2D eigenvalue weighted by molar-refractivity contribution is 0.0925. The average Bonchev–Trinajstić information content (AvgIpc) is 3.05. The van der Waals surface area contributed by atoms with E-state index in [0.29, 0.717) is 5.92 Å². The Morgan fingerprint density at radius 1 is 1.19 bits per heavy atom. The van der Waals surface area contributed by atoms with Gasteiger partial charge in [-0.1, -0.05) is 43.5 Å². The Balaban J connectivity index is 1.67. The zero-order valence-electron chi connectivity index (χ0n) is 15.2. The van der Waals surface area contributed by atoms with Crippen molar-refractivity contribution in [1.29, 1.82) is 0 Å². The van der Waals surface area contributed by atoms with Crippen molar-refractivity contribution >= 4 is 5.91 Å². The number of nitrogens with one attached hydrogen (secondary N) is 1. The highest BCUT2D eigenvalue weighted by atomic mass is 19.3. The molecule has 3 rings (SSSR count). The minimum absolute atomic E-state index is 0.0758. The first-order valence-corrected chi connectivity index (χ1v) is 9.18. The summed E-state index contributed by atoms with van der Waals surface area (Å²) >= 11 is 0. The molecule has 1 amide bonds. The van der Waals surface area contributed by atoms with E-state index in [9.17, 15) is 13.6 Å². The predicted octanol–water partition coefficient (Wildman–Crippen LogP) is 4.90. The third kappa shape index (κ3) is 4.11. The molecule has 1 aromatic heterocycles. The van der Waals surface area contributed by atoms with Crippen molar-refractivity contribution in [2.75, 3.05) is 0 Å². The summed E-state index contributed by atoms with van der Waals surface area (Å²) in [5.41, 5.74) is 1.75. The molecule has 140 valence electrons. The number of amides is 1. The normalized spacial score (nSPS) is 16.7. The molecule has 1 saturated carbocycles. The number of carbonyl (C=O) groups is 1. The van der Waals surface area contributed by atoms with Gasteiger partial charge < -0.3 is 5.32 Å². The number of alkyl halides is 2. The lowest BCUT2D eigenvalue weighted by Gasteiger charge is -2.22. The molecule has 1 heterocycles. The van der Waals surface area contributed by atoms with Crippen LogP contribution in [0, 0.1) is 0 Å². The quantitative estimate of drug-likeness (QED) is 0.824. The van der Waals surface area contributed by atoms with Crippen LogP contribution in [0.15, 0.2) is 30.5 Å². The molecule has 1 aliphatic carbocycles. The van der Waals surface area contributed by atoms with E-state index in [1.54, 1.807) is 0 Å². The van der Waals surface area contributed by atoms with Gasteiger partial charge in [-0.05, 0) is 36.8 Å². The first-order valence-electron chi connectivity index (χ1n) is 9.18. The highest BCUT2D eigenvalue weighted by Crippen LogP contribution is 2.33. The highest BCUT2D eigenvalue weighted by Gasteiger charge is 2.24. The highest BCUT2D eigenvalue weighted by molar-refractivity contribution is 5.95. The van der Waals surface area contributed by atoms with Crippen LogP contribution in [-0.4, -0.2) is 15.7 Å². The monoisotopic (exact) mass is 361 g/mol. The topological polar surface area (TPSA) is 46.9 Å². The van der Waals surface area contributed by atoms with Gasteiger partial charge >= 0.3 is 0 Å². The van der Waals surface area contributed by atoms with Gasteiger partial charge in [0, 0.05) is 13.2 Å². The number of hydrogen-bond acceptors (Lipinski definition) is 2. The van der Waals surface area contributed by atoms with Crippen LogP contribution in [0.1, 0.15) is 84.6 Å². The van der Waals surface area contributed by atoms with E-state index < -0.39 is 18.0 Å². The molecule has 6 heteroatoms. The Morgan fingerprint density at radius 2 is 1.85 bits per heavy atom. The maximum Gasteiger partial charge on any atom is 0.282 e. The van der Waals surface area contributed by atoms with Gasteiger partial charge in [0.1, 0.15) is 5.69 Å². The Kier molecular flexibility index (Phi) is 5.69. The standard InChI is InChI=1S/C20H25F2N3O/c1-13(23-20(26)17-12-25(2)24-18(17)19(21)22)14-8-10-16(11-9-14)15-6-4-3-5-7-15/h8-13,15,19H,3-7H2,1-2H3,(H,23,26). The summed E-state index contributed by atoms with van der Waals surface area (Å²) < 4.78 is 27.3. The second kappa shape index (κ2) is 7.98. The molecule has 1 unspecified atom stereocenters. The van der Waals surface area contributed by atoms with Crippen molar-refractivity contribution in [2.24, 2.45) is 7.05 Å². The summed E-state index contributed by atoms with van der Waals surface area (Å²) in [5, 5.41) is 6.47. The Labute approximate surface area is 152 Å². The zero-order valence-corrected chi connectivity index (χ0v) is 15.2. The molecule has 2 aromatic rings. The SMILES string of the molecule is CC(NC(=O)c1cn(C)nc1C(F)F)c1ccc(C2CCCCC2)cc1. The van der Waals surface area contributed by atoms with Gasteiger partial charge in [-0.25, -0.2) is 8.78 Å². The summed E-state index contributed by atoms with van der Waals surface area (Å²) in [6, 6.07) is 8.03. The van der Waals surface area contributed by atoms with Crippen LogP contribution in [0.5, 0.6) is 0 Å².